The number of amides is 1. The first-order valence-corrected chi connectivity index (χ1v) is 10.4. The van der Waals surface area contributed by atoms with Gasteiger partial charge in [-0.2, -0.15) is 4.31 Å². The molecule has 1 saturated heterocycles. The Hall–Kier alpha value is -2.18. The molecule has 0 bridgehead atoms. The molecule has 1 fully saturated rings. The van der Waals surface area contributed by atoms with Crippen molar-refractivity contribution >= 4 is 15.9 Å². The molecule has 0 saturated carbocycles. The van der Waals surface area contributed by atoms with Gasteiger partial charge in [-0.1, -0.05) is 68.4 Å². The van der Waals surface area contributed by atoms with Crippen molar-refractivity contribution in [3.05, 3.63) is 71.3 Å². The molecule has 0 radical (unpaired) electrons. The van der Waals surface area contributed by atoms with Crippen molar-refractivity contribution in [3.8, 4) is 0 Å². The average molecular weight is 372 g/mol. The number of nitrogens with one attached hydrogen (secondary N) is 1. The highest BCUT2D eigenvalue weighted by atomic mass is 32.2. The second-order valence-electron chi connectivity index (χ2n) is 6.87. The Morgan fingerprint density at radius 3 is 2.35 bits per heavy atom. The Labute approximate surface area is 155 Å². The quantitative estimate of drug-likeness (QED) is 0.878. The van der Waals surface area contributed by atoms with E-state index in [2.05, 4.69) is 19.2 Å². The van der Waals surface area contributed by atoms with E-state index in [4.69, 9.17) is 0 Å². The number of rotatable bonds is 5. The maximum Gasteiger partial charge on any atom is 0.243 e. The normalized spacial score (nSPS) is 18.7. The topological polar surface area (TPSA) is 66.5 Å². The van der Waals surface area contributed by atoms with Crippen LogP contribution in [0.15, 0.2) is 54.6 Å². The fourth-order valence-corrected chi connectivity index (χ4v) is 4.88. The van der Waals surface area contributed by atoms with Gasteiger partial charge in [-0.25, -0.2) is 8.42 Å². The molecule has 5 nitrogen and oxygen atoms in total. The highest BCUT2D eigenvalue weighted by molar-refractivity contribution is 7.88. The summed E-state index contributed by atoms with van der Waals surface area (Å²) in [5.41, 5.74) is 2.57. The van der Waals surface area contributed by atoms with Crippen LogP contribution in [0.1, 0.15) is 42.5 Å². The van der Waals surface area contributed by atoms with Crippen LogP contribution in [0.3, 0.4) is 0 Å². The van der Waals surface area contributed by atoms with Gasteiger partial charge >= 0.3 is 0 Å². The summed E-state index contributed by atoms with van der Waals surface area (Å²) in [6.07, 6.45) is 0. The summed E-state index contributed by atoms with van der Waals surface area (Å²) in [7, 11) is -3.62. The smallest absolute Gasteiger partial charge is 0.243 e. The summed E-state index contributed by atoms with van der Waals surface area (Å²) in [6.45, 7) is 4.79. The first kappa shape index (κ1) is 18.6. The number of nitrogens with zero attached hydrogens (tertiary/aromatic N) is 1. The maximum atomic E-state index is 13.0. The second-order valence-corrected chi connectivity index (χ2v) is 8.79. The average Bonchev–Trinajstić information content (AvgIpc) is 2.62. The highest BCUT2D eigenvalue weighted by Gasteiger charge is 2.38. The van der Waals surface area contributed by atoms with Gasteiger partial charge in [-0.15, -0.1) is 0 Å². The van der Waals surface area contributed by atoms with E-state index in [1.165, 1.54) is 4.31 Å². The van der Waals surface area contributed by atoms with Gasteiger partial charge in [0.05, 0.1) is 5.75 Å². The molecule has 1 aliphatic rings. The second kappa shape index (κ2) is 7.60. The lowest BCUT2D eigenvalue weighted by atomic mass is 9.98. The zero-order chi connectivity index (χ0) is 18.7. The summed E-state index contributed by atoms with van der Waals surface area (Å²) >= 11 is 0. The van der Waals surface area contributed by atoms with Crippen LogP contribution in [-0.2, 0) is 20.6 Å². The fourth-order valence-electron chi connectivity index (χ4n) is 3.19. The van der Waals surface area contributed by atoms with Gasteiger partial charge in [0.15, 0.2) is 0 Å². The Kier molecular flexibility index (Phi) is 5.44. The minimum atomic E-state index is -3.62. The molecule has 6 heteroatoms. The predicted molar refractivity (Wildman–Crippen MR) is 102 cm³/mol. The SMILES string of the molecule is CC(C)c1ccc(C2C(=O)NCCN2S(=O)(=O)Cc2ccccc2)cc1. The minimum absolute atomic E-state index is 0.109. The van der Waals surface area contributed by atoms with E-state index in [1.54, 1.807) is 12.1 Å². The Morgan fingerprint density at radius 1 is 1.08 bits per heavy atom. The third kappa shape index (κ3) is 3.97. The van der Waals surface area contributed by atoms with Gasteiger partial charge in [0.25, 0.3) is 0 Å². The molecule has 26 heavy (non-hydrogen) atoms. The fraction of sp³-hybridized carbons (Fsp3) is 0.350. The number of benzene rings is 2. The van der Waals surface area contributed by atoms with Gasteiger partial charge in [0.2, 0.25) is 15.9 Å². The van der Waals surface area contributed by atoms with Crippen LogP contribution < -0.4 is 5.32 Å². The zero-order valence-electron chi connectivity index (χ0n) is 15.1. The first-order chi connectivity index (χ1) is 12.4. The van der Waals surface area contributed by atoms with Crippen LogP contribution >= 0.6 is 0 Å². The molecule has 2 aromatic rings. The third-order valence-corrected chi connectivity index (χ3v) is 6.44. The molecule has 0 aromatic heterocycles. The van der Waals surface area contributed by atoms with Crippen LogP contribution in [0.2, 0.25) is 0 Å². The van der Waals surface area contributed by atoms with Crippen molar-refractivity contribution in [1.29, 1.82) is 0 Å². The molecule has 1 atom stereocenters. The monoisotopic (exact) mass is 372 g/mol. The third-order valence-electron chi connectivity index (χ3n) is 4.64. The number of carbonyl (C=O) groups is 1. The number of hydrogen-bond donors (Lipinski definition) is 1. The molecule has 0 aliphatic carbocycles. The molecule has 2 aromatic carbocycles. The summed E-state index contributed by atoms with van der Waals surface area (Å²) in [5.74, 6) is -0.00542. The van der Waals surface area contributed by atoms with Crippen LogP contribution in [0, 0.1) is 0 Å². The lowest BCUT2D eigenvalue weighted by Gasteiger charge is -2.34. The number of hydrogen-bond acceptors (Lipinski definition) is 3. The van der Waals surface area contributed by atoms with Crippen molar-refractivity contribution in [2.24, 2.45) is 0 Å². The van der Waals surface area contributed by atoms with E-state index in [-0.39, 0.29) is 18.2 Å². The molecule has 1 unspecified atom stereocenters. The lowest BCUT2D eigenvalue weighted by Crippen LogP contribution is -2.52. The van der Waals surface area contributed by atoms with Crippen molar-refractivity contribution in [2.45, 2.75) is 31.6 Å². The number of carbonyl (C=O) groups excluding carboxylic acids is 1. The van der Waals surface area contributed by atoms with Crippen molar-refractivity contribution in [3.63, 3.8) is 0 Å². The largest absolute Gasteiger partial charge is 0.353 e. The van der Waals surface area contributed by atoms with E-state index in [9.17, 15) is 13.2 Å². The van der Waals surface area contributed by atoms with Crippen molar-refractivity contribution in [1.82, 2.24) is 9.62 Å². The Balaban J connectivity index is 1.92. The van der Waals surface area contributed by atoms with E-state index in [0.29, 0.717) is 23.6 Å². The minimum Gasteiger partial charge on any atom is -0.353 e. The predicted octanol–water partition coefficient (Wildman–Crippen LogP) is 2.81. The summed E-state index contributed by atoms with van der Waals surface area (Å²) < 4.78 is 27.3. The van der Waals surface area contributed by atoms with Gasteiger partial charge < -0.3 is 5.32 Å². The van der Waals surface area contributed by atoms with Gasteiger partial charge in [-0.3, -0.25) is 4.79 Å². The molecule has 0 spiro atoms. The first-order valence-electron chi connectivity index (χ1n) is 8.79. The molecule has 138 valence electrons. The van der Waals surface area contributed by atoms with Gasteiger partial charge in [-0.05, 0) is 22.6 Å². The van der Waals surface area contributed by atoms with Gasteiger partial charge in [0, 0.05) is 13.1 Å². The van der Waals surface area contributed by atoms with E-state index in [1.807, 2.05) is 42.5 Å². The van der Waals surface area contributed by atoms with E-state index in [0.717, 1.165) is 5.56 Å². The summed E-state index contributed by atoms with van der Waals surface area (Å²) in [5, 5.41) is 2.79. The zero-order valence-corrected chi connectivity index (χ0v) is 15.9. The Morgan fingerprint density at radius 2 is 1.73 bits per heavy atom. The molecule has 1 amide bonds. The van der Waals surface area contributed by atoms with Crippen LogP contribution in [-0.4, -0.2) is 31.7 Å². The molecule has 3 rings (SSSR count). The standard InChI is InChI=1S/C20H24N2O3S/c1-15(2)17-8-10-18(11-9-17)19-20(23)21-12-13-22(19)26(24,25)14-16-6-4-3-5-7-16/h3-11,15,19H,12-14H2,1-2H3,(H,21,23). The van der Waals surface area contributed by atoms with Gasteiger partial charge in [0.1, 0.15) is 6.04 Å². The molecule has 1 heterocycles. The lowest BCUT2D eigenvalue weighted by molar-refractivity contribution is -0.126. The van der Waals surface area contributed by atoms with Crippen LogP contribution in [0.5, 0.6) is 0 Å². The molecular formula is C20H24N2O3S. The molecule has 1 aliphatic heterocycles. The van der Waals surface area contributed by atoms with E-state index < -0.39 is 16.1 Å². The highest BCUT2D eigenvalue weighted by Crippen LogP contribution is 2.29. The number of piperazine rings is 1. The summed E-state index contributed by atoms with van der Waals surface area (Å²) in [6, 6.07) is 15.9. The molecular weight excluding hydrogens is 348 g/mol. The van der Waals surface area contributed by atoms with E-state index >= 15 is 0 Å². The van der Waals surface area contributed by atoms with Crippen LogP contribution in [0.4, 0.5) is 0 Å². The summed E-state index contributed by atoms with van der Waals surface area (Å²) in [4.78, 5) is 12.5. The van der Waals surface area contributed by atoms with Crippen molar-refractivity contribution in [2.75, 3.05) is 13.1 Å². The number of sulfonamides is 1. The van der Waals surface area contributed by atoms with Crippen LogP contribution in [0.25, 0.3) is 0 Å². The Bertz CT molecular complexity index is 862. The molecule has 1 N–H and O–H groups in total. The maximum absolute atomic E-state index is 13.0. The van der Waals surface area contributed by atoms with Crippen molar-refractivity contribution < 1.29 is 13.2 Å².